The highest BCUT2D eigenvalue weighted by Gasteiger charge is 2.21. The van der Waals surface area contributed by atoms with E-state index in [0.29, 0.717) is 24.5 Å². The Bertz CT molecular complexity index is 1120. The first kappa shape index (κ1) is 26.0. The second-order valence-electron chi connectivity index (χ2n) is 7.82. The van der Waals surface area contributed by atoms with E-state index < -0.39 is 0 Å². The Hall–Kier alpha value is -3.57. The summed E-state index contributed by atoms with van der Waals surface area (Å²) in [6.07, 6.45) is 4.97. The third-order valence-electron chi connectivity index (χ3n) is 5.68. The van der Waals surface area contributed by atoms with Crippen LogP contribution < -0.4 is 14.8 Å². The van der Waals surface area contributed by atoms with Crippen LogP contribution in [-0.2, 0) is 17.8 Å². The Morgan fingerprint density at radius 1 is 1.03 bits per heavy atom. The Balaban J connectivity index is 0.00000167. The molecule has 1 atom stereocenters. The Morgan fingerprint density at radius 2 is 1.77 bits per heavy atom. The molecule has 1 unspecified atom stereocenters. The van der Waals surface area contributed by atoms with Gasteiger partial charge in [0.1, 0.15) is 6.61 Å². The van der Waals surface area contributed by atoms with E-state index in [-0.39, 0.29) is 12.0 Å². The Morgan fingerprint density at radius 3 is 2.51 bits per heavy atom. The summed E-state index contributed by atoms with van der Waals surface area (Å²) in [6.45, 7) is 7.50. The molecule has 0 spiro atoms. The summed E-state index contributed by atoms with van der Waals surface area (Å²) in [5.41, 5.74) is 4.88. The number of hydrogen-bond donors (Lipinski definition) is 1. The van der Waals surface area contributed by atoms with Crippen LogP contribution in [0, 0.1) is 0 Å². The highest BCUT2D eigenvalue weighted by molar-refractivity contribution is 5.93. The molecular formula is C30H35NO4. The second-order valence-corrected chi connectivity index (χ2v) is 7.82. The van der Waals surface area contributed by atoms with Crippen molar-refractivity contribution >= 4 is 12.0 Å². The van der Waals surface area contributed by atoms with Crippen molar-refractivity contribution in [3.8, 4) is 11.5 Å². The second kappa shape index (κ2) is 13.4. The smallest absolute Gasteiger partial charge is 0.338 e. The van der Waals surface area contributed by atoms with Crippen LogP contribution in [0.3, 0.4) is 0 Å². The first-order valence-corrected chi connectivity index (χ1v) is 12.2. The van der Waals surface area contributed by atoms with E-state index in [2.05, 4.69) is 17.5 Å². The molecule has 5 heteroatoms. The van der Waals surface area contributed by atoms with E-state index in [1.54, 1.807) is 13.2 Å². The molecule has 3 aromatic carbocycles. The number of carbonyl (C=O) groups is 1. The number of esters is 1. The highest BCUT2D eigenvalue weighted by Crippen LogP contribution is 2.36. The summed E-state index contributed by atoms with van der Waals surface area (Å²) < 4.78 is 16.9. The minimum atomic E-state index is -0.309. The lowest BCUT2D eigenvalue weighted by atomic mass is 9.92. The van der Waals surface area contributed by atoms with Gasteiger partial charge in [-0.2, -0.15) is 0 Å². The lowest BCUT2D eigenvalue weighted by Gasteiger charge is -2.26. The van der Waals surface area contributed by atoms with Gasteiger partial charge in [0.2, 0.25) is 0 Å². The number of fused-ring (bicyclic) bond motifs is 1. The molecule has 1 aliphatic rings. The molecule has 1 N–H and O–H groups in total. The zero-order chi connectivity index (χ0) is 25.0. The van der Waals surface area contributed by atoms with Crippen molar-refractivity contribution in [2.45, 2.75) is 39.8 Å². The molecule has 0 amide bonds. The first-order chi connectivity index (χ1) is 17.2. The highest BCUT2D eigenvalue weighted by atomic mass is 16.5. The predicted octanol–water partition coefficient (Wildman–Crippen LogP) is 6.38. The molecule has 4 rings (SSSR count). The molecule has 0 radical (unpaired) electrons. The van der Waals surface area contributed by atoms with Gasteiger partial charge < -0.3 is 19.5 Å². The van der Waals surface area contributed by atoms with Gasteiger partial charge in [-0.1, -0.05) is 74.5 Å². The number of rotatable bonds is 8. The van der Waals surface area contributed by atoms with Gasteiger partial charge in [-0.15, -0.1) is 0 Å². The standard InChI is InChI=1S/C28H29NO4.C2H6/c1-3-32-28(30)23-12-8-7-11-21(23)13-14-25-24-18-26(31-2)27(17-22(24)15-16-29-25)33-19-20-9-5-4-6-10-20;1-2/h4-14,17-18,25,29H,3,15-16,19H2,1-2H3;1-2H3/b14-13+;. The van der Waals surface area contributed by atoms with E-state index >= 15 is 0 Å². The summed E-state index contributed by atoms with van der Waals surface area (Å²) in [4.78, 5) is 12.3. The van der Waals surface area contributed by atoms with Crippen LogP contribution in [0.4, 0.5) is 0 Å². The van der Waals surface area contributed by atoms with Gasteiger partial charge >= 0.3 is 5.97 Å². The van der Waals surface area contributed by atoms with E-state index in [0.717, 1.165) is 35.4 Å². The minimum Gasteiger partial charge on any atom is -0.493 e. The third kappa shape index (κ3) is 6.74. The van der Waals surface area contributed by atoms with Crippen LogP contribution in [0.1, 0.15) is 59.4 Å². The fraction of sp³-hybridized carbons (Fsp3) is 0.300. The van der Waals surface area contributed by atoms with Crippen molar-refractivity contribution in [1.82, 2.24) is 5.32 Å². The number of methoxy groups -OCH3 is 1. The quantitative estimate of drug-likeness (QED) is 0.385. The van der Waals surface area contributed by atoms with E-state index in [1.165, 1.54) is 5.56 Å². The van der Waals surface area contributed by atoms with Crippen molar-refractivity contribution in [2.24, 2.45) is 0 Å². The van der Waals surface area contributed by atoms with Crippen LogP contribution in [-0.4, -0.2) is 26.2 Å². The van der Waals surface area contributed by atoms with Crippen molar-refractivity contribution in [2.75, 3.05) is 20.3 Å². The van der Waals surface area contributed by atoms with Crippen molar-refractivity contribution in [3.63, 3.8) is 0 Å². The molecule has 3 aromatic rings. The van der Waals surface area contributed by atoms with Gasteiger partial charge in [0.15, 0.2) is 11.5 Å². The van der Waals surface area contributed by atoms with Crippen LogP contribution >= 0.6 is 0 Å². The summed E-state index contributed by atoms with van der Waals surface area (Å²) in [6, 6.07) is 21.7. The minimum absolute atomic E-state index is 0.000995. The molecule has 1 aliphatic heterocycles. The first-order valence-electron chi connectivity index (χ1n) is 12.2. The molecule has 0 saturated heterocycles. The molecule has 184 valence electrons. The number of nitrogens with one attached hydrogen (secondary N) is 1. The number of carbonyl (C=O) groups excluding carboxylic acids is 1. The largest absolute Gasteiger partial charge is 0.493 e. The zero-order valence-electron chi connectivity index (χ0n) is 21.0. The van der Waals surface area contributed by atoms with Gasteiger partial charge in [-0.05, 0) is 53.8 Å². The van der Waals surface area contributed by atoms with Crippen molar-refractivity contribution < 1.29 is 19.0 Å². The number of benzene rings is 3. The van der Waals surface area contributed by atoms with Gasteiger partial charge in [-0.3, -0.25) is 0 Å². The maximum Gasteiger partial charge on any atom is 0.338 e. The molecule has 0 aliphatic carbocycles. The van der Waals surface area contributed by atoms with Crippen molar-refractivity contribution in [1.29, 1.82) is 0 Å². The number of hydrogen-bond acceptors (Lipinski definition) is 5. The maximum absolute atomic E-state index is 12.3. The summed E-state index contributed by atoms with van der Waals surface area (Å²) >= 11 is 0. The van der Waals surface area contributed by atoms with Gasteiger partial charge in [0.25, 0.3) is 0 Å². The SMILES string of the molecule is CC.CCOC(=O)c1ccccc1/C=C/C1NCCc2cc(OCc3ccccc3)c(OC)cc21. The molecule has 0 saturated carbocycles. The zero-order valence-corrected chi connectivity index (χ0v) is 21.0. The van der Waals surface area contributed by atoms with E-state index in [9.17, 15) is 4.79 Å². The van der Waals surface area contributed by atoms with E-state index in [1.807, 2.05) is 81.4 Å². The average molecular weight is 474 g/mol. The lowest BCUT2D eigenvalue weighted by molar-refractivity contribution is 0.0526. The fourth-order valence-corrected chi connectivity index (χ4v) is 4.01. The predicted molar refractivity (Wildman–Crippen MR) is 141 cm³/mol. The van der Waals surface area contributed by atoms with Gasteiger partial charge in [-0.25, -0.2) is 4.79 Å². The monoisotopic (exact) mass is 473 g/mol. The van der Waals surface area contributed by atoms with Crippen molar-refractivity contribution in [3.05, 3.63) is 101 Å². The third-order valence-corrected chi connectivity index (χ3v) is 5.68. The topological polar surface area (TPSA) is 56.8 Å². The van der Waals surface area contributed by atoms with E-state index in [4.69, 9.17) is 14.2 Å². The summed E-state index contributed by atoms with van der Waals surface area (Å²) in [5, 5.41) is 3.55. The van der Waals surface area contributed by atoms with Crippen LogP contribution in [0.15, 0.2) is 72.8 Å². The van der Waals surface area contributed by atoms with Crippen LogP contribution in [0.5, 0.6) is 11.5 Å². The van der Waals surface area contributed by atoms with Gasteiger partial charge in [0.05, 0.1) is 25.3 Å². The molecule has 5 nitrogen and oxygen atoms in total. The number of ether oxygens (including phenoxy) is 3. The maximum atomic E-state index is 12.3. The summed E-state index contributed by atoms with van der Waals surface area (Å²) in [5.74, 6) is 1.15. The fourth-order valence-electron chi connectivity index (χ4n) is 4.01. The molecule has 0 bridgehead atoms. The Kier molecular flexibility index (Phi) is 9.93. The van der Waals surface area contributed by atoms with Gasteiger partial charge in [0, 0.05) is 6.54 Å². The van der Waals surface area contributed by atoms with Crippen LogP contribution in [0.2, 0.25) is 0 Å². The molecule has 1 heterocycles. The average Bonchev–Trinajstić information content (AvgIpc) is 2.92. The Labute approximate surface area is 208 Å². The molecule has 0 aromatic heterocycles. The summed E-state index contributed by atoms with van der Waals surface area (Å²) in [7, 11) is 1.66. The molecular weight excluding hydrogens is 438 g/mol. The lowest BCUT2D eigenvalue weighted by Crippen LogP contribution is -2.28. The van der Waals surface area contributed by atoms with Crippen LogP contribution in [0.25, 0.3) is 6.08 Å². The normalized spacial score (nSPS) is 14.5. The molecule has 35 heavy (non-hydrogen) atoms. The molecule has 0 fully saturated rings.